The van der Waals surface area contributed by atoms with E-state index in [1.165, 1.54) is 5.56 Å². The lowest BCUT2D eigenvalue weighted by Gasteiger charge is -2.11. The monoisotopic (exact) mass is 312 g/mol. The summed E-state index contributed by atoms with van der Waals surface area (Å²) in [6.07, 6.45) is 0.863. The largest absolute Gasteiger partial charge is 0.348 e. The number of aryl methyl sites for hydroxylation is 2. The summed E-state index contributed by atoms with van der Waals surface area (Å²) in [5.41, 5.74) is 2.79. The fourth-order valence-corrected chi connectivity index (χ4v) is 2.72. The number of thiophene rings is 1. The zero-order valence-corrected chi connectivity index (χ0v) is 12.1. The first-order valence-electron chi connectivity index (χ1n) is 5.34. The van der Waals surface area contributed by atoms with E-state index in [9.17, 15) is 4.79 Å². The standard InChI is InChI=1S/C12H13BrN2OS/c1-8-11(13)9(2)15(12(16)14-8)5-3-10-4-6-17-7-10/h4,6-7H,3,5H2,1-2H3. The van der Waals surface area contributed by atoms with Crippen LogP contribution in [-0.4, -0.2) is 9.55 Å². The van der Waals surface area contributed by atoms with Crippen LogP contribution in [0.15, 0.2) is 26.1 Å². The molecular weight excluding hydrogens is 300 g/mol. The summed E-state index contributed by atoms with van der Waals surface area (Å²) in [5, 5.41) is 4.16. The molecule has 5 heteroatoms. The Balaban J connectivity index is 2.27. The first kappa shape index (κ1) is 12.5. The Morgan fingerprint density at radius 3 is 2.88 bits per heavy atom. The number of rotatable bonds is 3. The van der Waals surface area contributed by atoms with Gasteiger partial charge in [0.15, 0.2) is 0 Å². The molecule has 2 heterocycles. The number of nitrogens with zero attached hydrogens (tertiary/aromatic N) is 2. The predicted molar refractivity (Wildman–Crippen MR) is 73.7 cm³/mol. The Hall–Kier alpha value is -0.940. The van der Waals surface area contributed by atoms with Gasteiger partial charge in [-0.2, -0.15) is 16.3 Å². The molecule has 90 valence electrons. The summed E-state index contributed by atoms with van der Waals surface area (Å²) in [7, 11) is 0. The number of hydrogen-bond donors (Lipinski definition) is 0. The van der Waals surface area contributed by atoms with Crippen molar-refractivity contribution in [1.82, 2.24) is 9.55 Å². The smallest absolute Gasteiger partial charge is 0.295 e. The van der Waals surface area contributed by atoms with Crippen molar-refractivity contribution in [3.63, 3.8) is 0 Å². The Kier molecular flexibility index (Phi) is 3.79. The number of aromatic nitrogens is 2. The van der Waals surface area contributed by atoms with Crippen LogP contribution in [0.2, 0.25) is 0 Å². The molecule has 0 radical (unpaired) electrons. The van der Waals surface area contributed by atoms with Gasteiger partial charge in [0.2, 0.25) is 0 Å². The zero-order chi connectivity index (χ0) is 12.4. The molecule has 0 amide bonds. The summed E-state index contributed by atoms with van der Waals surface area (Å²) in [5.74, 6) is 0. The highest BCUT2D eigenvalue weighted by Gasteiger charge is 2.08. The van der Waals surface area contributed by atoms with Gasteiger partial charge in [0.1, 0.15) is 0 Å². The van der Waals surface area contributed by atoms with Crippen LogP contribution in [0.3, 0.4) is 0 Å². The van der Waals surface area contributed by atoms with Crippen LogP contribution in [0.4, 0.5) is 0 Å². The lowest BCUT2D eigenvalue weighted by molar-refractivity contribution is 0.623. The first-order chi connectivity index (χ1) is 8.09. The van der Waals surface area contributed by atoms with Crippen LogP contribution < -0.4 is 5.69 Å². The maximum atomic E-state index is 11.8. The Morgan fingerprint density at radius 1 is 1.47 bits per heavy atom. The second kappa shape index (κ2) is 5.14. The summed E-state index contributed by atoms with van der Waals surface area (Å²) < 4.78 is 2.64. The summed E-state index contributed by atoms with van der Waals surface area (Å²) in [4.78, 5) is 15.8. The van der Waals surface area contributed by atoms with Gasteiger partial charge >= 0.3 is 5.69 Å². The minimum absolute atomic E-state index is 0.168. The topological polar surface area (TPSA) is 34.9 Å². The molecule has 0 atom stereocenters. The SMILES string of the molecule is Cc1nc(=O)n(CCc2ccsc2)c(C)c1Br. The lowest BCUT2D eigenvalue weighted by atomic mass is 10.2. The van der Waals surface area contributed by atoms with E-state index in [0.29, 0.717) is 6.54 Å². The van der Waals surface area contributed by atoms with Crippen molar-refractivity contribution in [2.45, 2.75) is 26.8 Å². The number of halogens is 1. The molecule has 0 saturated carbocycles. The Bertz CT molecular complexity index is 575. The van der Waals surface area contributed by atoms with Crippen LogP contribution in [-0.2, 0) is 13.0 Å². The molecule has 0 aromatic carbocycles. The van der Waals surface area contributed by atoms with Crippen molar-refractivity contribution in [1.29, 1.82) is 0 Å². The van der Waals surface area contributed by atoms with Gasteiger partial charge < -0.3 is 0 Å². The highest BCUT2D eigenvalue weighted by atomic mass is 79.9. The van der Waals surface area contributed by atoms with E-state index in [2.05, 4.69) is 32.4 Å². The van der Waals surface area contributed by atoms with Crippen molar-refractivity contribution < 1.29 is 0 Å². The van der Waals surface area contributed by atoms with E-state index in [1.807, 2.05) is 19.2 Å². The first-order valence-corrected chi connectivity index (χ1v) is 7.08. The van der Waals surface area contributed by atoms with Gasteiger partial charge in [0, 0.05) is 12.2 Å². The van der Waals surface area contributed by atoms with Crippen LogP contribution in [0, 0.1) is 13.8 Å². The molecule has 0 saturated heterocycles. The molecule has 0 N–H and O–H groups in total. The second-order valence-corrected chi connectivity index (χ2v) is 5.49. The molecule has 2 rings (SSSR count). The van der Waals surface area contributed by atoms with Crippen LogP contribution in [0.5, 0.6) is 0 Å². The fraction of sp³-hybridized carbons (Fsp3) is 0.333. The van der Waals surface area contributed by atoms with Gasteiger partial charge in [-0.05, 0) is 58.6 Å². The third kappa shape index (κ3) is 2.66. The molecule has 0 unspecified atom stereocenters. The van der Waals surface area contributed by atoms with Crippen LogP contribution >= 0.6 is 27.3 Å². The van der Waals surface area contributed by atoms with Crippen molar-refractivity contribution in [3.8, 4) is 0 Å². The molecule has 2 aromatic heterocycles. The van der Waals surface area contributed by atoms with Gasteiger partial charge in [-0.25, -0.2) is 4.79 Å². The average molecular weight is 313 g/mol. The van der Waals surface area contributed by atoms with Gasteiger partial charge in [0.05, 0.1) is 10.2 Å². The third-order valence-corrected chi connectivity index (χ3v) is 4.62. The maximum Gasteiger partial charge on any atom is 0.348 e. The quantitative estimate of drug-likeness (QED) is 0.873. The van der Waals surface area contributed by atoms with Crippen molar-refractivity contribution in [2.75, 3.05) is 0 Å². The van der Waals surface area contributed by atoms with Gasteiger partial charge in [0.25, 0.3) is 0 Å². The minimum atomic E-state index is -0.168. The zero-order valence-electron chi connectivity index (χ0n) is 9.74. The van der Waals surface area contributed by atoms with E-state index < -0.39 is 0 Å². The van der Waals surface area contributed by atoms with E-state index in [-0.39, 0.29) is 5.69 Å². The fourth-order valence-electron chi connectivity index (χ4n) is 1.72. The molecule has 0 aliphatic rings. The highest BCUT2D eigenvalue weighted by Crippen LogP contribution is 2.17. The summed E-state index contributed by atoms with van der Waals surface area (Å²) >= 11 is 5.14. The molecule has 0 aliphatic carbocycles. The lowest BCUT2D eigenvalue weighted by Crippen LogP contribution is -2.27. The number of hydrogen-bond acceptors (Lipinski definition) is 3. The normalized spacial score (nSPS) is 10.8. The van der Waals surface area contributed by atoms with Crippen molar-refractivity contribution in [3.05, 3.63) is 48.7 Å². The van der Waals surface area contributed by atoms with Gasteiger partial charge in [-0.1, -0.05) is 0 Å². The maximum absolute atomic E-state index is 11.8. The molecule has 2 aromatic rings. The average Bonchev–Trinajstić information content (AvgIpc) is 2.79. The third-order valence-electron chi connectivity index (χ3n) is 2.74. The Morgan fingerprint density at radius 2 is 2.24 bits per heavy atom. The molecule has 0 aliphatic heterocycles. The second-order valence-electron chi connectivity index (χ2n) is 3.91. The molecule has 3 nitrogen and oxygen atoms in total. The van der Waals surface area contributed by atoms with E-state index >= 15 is 0 Å². The van der Waals surface area contributed by atoms with Gasteiger partial charge in [-0.3, -0.25) is 4.57 Å². The minimum Gasteiger partial charge on any atom is -0.295 e. The molecule has 0 spiro atoms. The molecular formula is C12H13BrN2OS. The van der Waals surface area contributed by atoms with Gasteiger partial charge in [-0.15, -0.1) is 0 Å². The molecule has 0 fully saturated rings. The summed E-state index contributed by atoms with van der Waals surface area (Å²) in [6.45, 7) is 4.45. The molecule has 0 bridgehead atoms. The van der Waals surface area contributed by atoms with Crippen molar-refractivity contribution in [2.24, 2.45) is 0 Å². The van der Waals surface area contributed by atoms with Crippen LogP contribution in [0.25, 0.3) is 0 Å². The Labute approximate surface area is 112 Å². The van der Waals surface area contributed by atoms with E-state index in [0.717, 1.165) is 22.3 Å². The van der Waals surface area contributed by atoms with E-state index in [1.54, 1.807) is 15.9 Å². The molecule has 17 heavy (non-hydrogen) atoms. The predicted octanol–water partition coefficient (Wildman–Crippen LogP) is 2.93. The van der Waals surface area contributed by atoms with Crippen LogP contribution in [0.1, 0.15) is 17.0 Å². The van der Waals surface area contributed by atoms with E-state index in [4.69, 9.17) is 0 Å². The highest BCUT2D eigenvalue weighted by molar-refractivity contribution is 9.10. The summed E-state index contributed by atoms with van der Waals surface area (Å²) in [6, 6.07) is 2.09. The van der Waals surface area contributed by atoms with Crippen molar-refractivity contribution >= 4 is 27.3 Å².